The Morgan fingerprint density at radius 1 is 0.771 bits per heavy atom. The standard InChI is InChI=1S/C27H19ClF3N3O/c28-21-9-3-4-10-23(21)33-24(16-25(32)27(29,30)31)18-12-14-19(15-13-18)26(35)34-22-11-5-7-17-6-1-2-8-20(17)22/h1-16,32-33H,(H,34,35)/b24-16-,32-25?. The van der Waals surface area contributed by atoms with Crippen molar-refractivity contribution in [2.45, 2.75) is 6.18 Å². The first kappa shape index (κ1) is 24.0. The summed E-state index contributed by atoms with van der Waals surface area (Å²) in [5.74, 6) is -0.361. The van der Waals surface area contributed by atoms with Crippen molar-refractivity contribution in [3.63, 3.8) is 0 Å². The van der Waals surface area contributed by atoms with E-state index in [0.29, 0.717) is 33.6 Å². The second-order valence-electron chi connectivity index (χ2n) is 7.63. The van der Waals surface area contributed by atoms with Crippen LogP contribution in [0.4, 0.5) is 24.5 Å². The molecule has 0 aliphatic heterocycles. The molecule has 4 aromatic rings. The van der Waals surface area contributed by atoms with Crippen molar-refractivity contribution in [2.75, 3.05) is 10.6 Å². The SMILES string of the molecule is N=C(/C=C(\Nc1ccccc1Cl)c1ccc(C(=O)Nc2cccc3ccccc23)cc1)C(F)(F)F. The first-order valence-corrected chi connectivity index (χ1v) is 10.9. The smallest absolute Gasteiger partial charge is 0.354 e. The van der Waals surface area contributed by atoms with E-state index in [1.807, 2.05) is 36.4 Å². The summed E-state index contributed by atoms with van der Waals surface area (Å²) >= 11 is 6.15. The fourth-order valence-corrected chi connectivity index (χ4v) is 3.64. The molecule has 4 nitrogen and oxygen atoms in total. The van der Waals surface area contributed by atoms with Crippen LogP contribution in [0, 0.1) is 5.41 Å². The zero-order chi connectivity index (χ0) is 25.0. The third-order valence-electron chi connectivity index (χ3n) is 5.23. The molecule has 0 aliphatic carbocycles. The van der Waals surface area contributed by atoms with Gasteiger partial charge in [0.2, 0.25) is 0 Å². The zero-order valence-electron chi connectivity index (χ0n) is 18.2. The minimum Gasteiger partial charge on any atom is -0.354 e. The normalized spacial score (nSPS) is 11.8. The molecule has 4 aromatic carbocycles. The molecule has 0 atom stereocenters. The molecule has 1 amide bonds. The Labute approximate surface area is 204 Å². The van der Waals surface area contributed by atoms with Crippen LogP contribution in [0.25, 0.3) is 16.5 Å². The van der Waals surface area contributed by atoms with Gasteiger partial charge in [0.15, 0.2) is 0 Å². The van der Waals surface area contributed by atoms with E-state index in [1.165, 1.54) is 24.3 Å². The van der Waals surface area contributed by atoms with E-state index in [1.54, 1.807) is 30.3 Å². The Kier molecular flexibility index (Phi) is 6.89. The average molecular weight is 494 g/mol. The van der Waals surface area contributed by atoms with Gasteiger partial charge in [0.1, 0.15) is 5.71 Å². The number of rotatable bonds is 6. The summed E-state index contributed by atoms with van der Waals surface area (Å²) in [6.45, 7) is 0. The van der Waals surface area contributed by atoms with E-state index in [0.717, 1.165) is 10.8 Å². The molecule has 0 bridgehead atoms. The number of carbonyl (C=O) groups is 1. The number of hydrogen-bond donors (Lipinski definition) is 3. The lowest BCUT2D eigenvalue weighted by atomic mass is 10.1. The van der Waals surface area contributed by atoms with E-state index < -0.39 is 11.9 Å². The van der Waals surface area contributed by atoms with Gasteiger partial charge in [-0.15, -0.1) is 0 Å². The topological polar surface area (TPSA) is 65.0 Å². The molecule has 35 heavy (non-hydrogen) atoms. The van der Waals surface area contributed by atoms with E-state index in [-0.39, 0.29) is 11.6 Å². The van der Waals surface area contributed by atoms with Crippen molar-refractivity contribution in [3.05, 3.63) is 113 Å². The summed E-state index contributed by atoms with van der Waals surface area (Å²) in [4.78, 5) is 12.8. The van der Waals surface area contributed by atoms with Crippen LogP contribution in [-0.4, -0.2) is 17.8 Å². The van der Waals surface area contributed by atoms with E-state index in [2.05, 4.69) is 10.6 Å². The minimum absolute atomic E-state index is 0.0152. The number of allylic oxidation sites excluding steroid dienone is 1. The number of fused-ring (bicyclic) bond motifs is 1. The fourth-order valence-electron chi connectivity index (χ4n) is 3.46. The number of anilines is 2. The van der Waals surface area contributed by atoms with Crippen LogP contribution >= 0.6 is 11.6 Å². The van der Waals surface area contributed by atoms with Gasteiger partial charge in [-0.2, -0.15) is 13.2 Å². The summed E-state index contributed by atoms with van der Waals surface area (Å²) < 4.78 is 39.2. The molecule has 8 heteroatoms. The molecule has 0 saturated heterocycles. The molecule has 176 valence electrons. The number of carbonyl (C=O) groups excluding carboxylic acids is 1. The van der Waals surface area contributed by atoms with Gasteiger partial charge in [0, 0.05) is 22.3 Å². The lowest BCUT2D eigenvalue weighted by molar-refractivity contribution is -0.0583. The van der Waals surface area contributed by atoms with Gasteiger partial charge < -0.3 is 10.6 Å². The van der Waals surface area contributed by atoms with Crippen LogP contribution in [0.2, 0.25) is 5.02 Å². The highest BCUT2D eigenvalue weighted by Gasteiger charge is 2.33. The number of alkyl halides is 3. The third-order valence-corrected chi connectivity index (χ3v) is 5.56. The van der Waals surface area contributed by atoms with Gasteiger partial charge in [-0.25, -0.2) is 0 Å². The van der Waals surface area contributed by atoms with Crippen LogP contribution in [0.3, 0.4) is 0 Å². The van der Waals surface area contributed by atoms with E-state index >= 15 is 0 Å². The maximum absolute atomic E-state index is 13.1. The third kappa shape index (κ3) is 5.70. The van der Waals surface area contributed by atoms with Gasteiger partial charge in [0.25, 0.3) is 5.91 Å². The number of para-hydroxylation sites is 1. The van der Waals surface area contributed by atoms with Crippen molar-refractivity contribution in [1.82, 2.24) is 0 Å². The highest BCUT2D eigenvalue weighted by Crippen LogP contribution is 2.28. The maximum atomic E-state index is 13.1. The fraction of sp³-hybridized carbons (Fsp3) is 0.0370. The molecule has 0 unspecified atom stereocenters. The molecule has 0 spiro atoms. The Hall–Kier alpha value is -4.10. The molecule has 0 saturated carbocycles. The average Bonchev–Trinajstić information content (AvgIpc) is 2.84. The largest absolute Gasteiger partial charge is 0.432 e. The van der Waals surface area contributed by atoms with Crippen LogP contribution < -0.4 is 10.6 Å². The zero-order valence-corrected chi connectivity index (χ0v) is 18.9. The van der Waals surface area contributed by atoms with Gasteiger partial charge in [-0.1, -0.05) is 72.3 Å². The Morgan fingerprint density at radius 3 is 2.09 bits per heavy atom. The molecular formula is C27H19ClF3N3O. The molecular weight excluding hydrogens is 475 g/mol. The first-order chi connectivity index (χ1) is 16.7. The van der Waals surface area contributed by atoms with Gasteiger partial charge >= 0.3 is 6.18 Å². The molecule has 0 radical (unpaired) electrons. The molecule has 4 rings (SSSR count). The minimum atomic E-state index is -4.81. The lowest BCUT2D eigenvalue weighted by Gasteiger charge is -2.15. The highest BCUT2D eigenvalue weighted by atomic mass is 35.5. The number of nitrogens with one attached hydrogen (secondary N) is 3. The predicted molar refractivity (Wildman–Crippen MR) is 135 cm³/mol. The number of halogens is 4. The van der Waals surface area contributed by atoms with E-state index in [4.69, 9.17) is 17.0 Å². The van der Waals surface area contributed by atoms with Crippen molar-refractivity contribution in [2.24, 2.45) is 0 Å². The molecule has 0 aliphatic rings. The summed E-state index contributed by atoms with van der Waals surface area (Å²) in [5, 5.41) is 15.3. The quantitative estimate of drug-likeness (QED) is 0.240. The van der Waals surface area contributed by atoms with Crippen LogP contribution in [0.5, 0.6) is 0 Å². The molecule has 3 N–H and O–H groups in total. The lowest BCUT2D eigenvalue weighted by Crippen LogP contribution is -2.20. The Morgan fingerprint density at radius 2 is 1.37 bits per heavy atom. The van der Waals surface area contributed by atoms with Gasteiger partial charge in [-0.3, -0.25) is 10.2 Å². The summed E-state index contributed by atoms with van der Waals surface area (Å²) in [7, 11) is 0. The molecule has 0 heterocycles. The van der Waals surface area contributed by atoms with Crippen LogP contribution in [0.15, 0.2) is 97.1 Å². The van der Waals surface area contributed by atoms with Crippen molar-refractivity contribution >= 4 is 51.1 Å². The number of benzene rings is 4. The van der Waals surface area contributed by atoms with Crippen molar-refractivity contribution in [1.29, 1.82) is 5.41 Å². The molecule has 0 fully saturated rings. The Bertz CT molecular complexity index is 1420. The highest BCUT2D eigenvalue weighted by molar-refractivity contribution is 6.33. The van der Waals surface area contributed by atoms with Gasteiger partial charge in [-0.05, 0) is 47.4 Å². The predicted octanol–water partition coefficient (Wildman–Crippen LogP) is 7.78. The first-order valence-electron chi connectivity index (χ1n) is 10.5. The van der Waals surface area contributed by atoms with Crippen molar-refractivity contribution in [3.8, 4) is 0 Å². The van der Waals surface area contributed by atoms with E-state index in [9.17, 15) is 18.0 Å². The van der Waals surface area contributed by atoms with Crippen LogP contribution in [-0.2, 0) is 0 Å². The maximum Gasteiger partial charge on any atom is 0.432 e. The molecule has 0 aromatic heterocycles. The second kappa shape index (κ2) is 10.0. The number of amides is 1. The van der Waals surface area contributed by atoms with Gasteiger partial charge in [0.05, 0.1) is 10.7 Å². The summed E-state index contributed by atoms with van der Waals surface area (Å²) in [6, 6.07) is 25.8. The van der Waals surface area contributed by atoms with Crippen molar-refractivity contribution < 1.29 is 18.0 Å². The Balaban J connectivity index is 1.61. The monoisotopic (exact) mass is 493 g/mol. The van der Waals surface area contributed by atoms with Crippen LogP contribution in [0.1, 0.15) is 15.9 Å². The number of hydrogen-bond acceptors (Lipinski definition) is 3. The summed E-state index contributed by atoms with van der Waals surface area (Å²) in [6.07, 6.45) is -4.12. The second-order valence-corrected chi connectivity index (χ2v) is 8.04. The summed E-state index contributed by atoms with van der Waals surface area (Å²) in [5.41, 5.74) is 0.196.